The Morgan fingerprint density at radius 2 is 1.87 bits per heavy atom. The summed E-state index contributed by atoms with van der Waals surface area (Å²) < 4.78 is 61.6. The molecule has 0 radical (unpaired) electrons. The van der Waals surface area contributed by atoms with Crippen molar-refractivity contribution in [2.24, 2.45) is 0 Å². The van der Waals surface area contributed by atoms with Crippen molar-refractivity contribution in [1.29, 1.82) is 0 Å². The summed E-state index contributed by atoms with van der Waals surface area (Å²) in [4.78, 5) is -0.437. The van der Waals surface area contributed by atoms with E-state index >= 15 is 0 Å². The van der Waals surface area contributed by atoms with E-state index in [1.807, 2.05) is 0 Å². The van der Waals surface area contributed by atoms with Gasteiger partial charge in [-0.25, -0.2) is 0 Å². The SMILES string of the molecule is CCOc1cc(S(=O)(=O)O)cc2cc(OS(=O)O)c(C)c(O)c12. The van der Waals surface area contributed by atoms with Crippen LogP contribution in [-0.2, 0) is 21.5 Å². The van der Waals surface area contributed by atoms with Crippen LogP contribution in [0.5, 0.6) is 17.2 Å². The Bertz CT molecular complexity index is 889. The van der Waals surface area contributed by atoms with E-state index in [-0.39, 0.29) is 40.2 Å². The smallest absolute Gasteiger partial charge is 0.357 e. The second-order valence-corrected chi connectivity index (χ2v) is 6.60. The highest BCUT2D eigenvalue weighted by Crippen LogP contribution is 2.42. The molecule has 10 heteroatoms. The summed E-state index contributed by atoms with van der Waals surface area (Å²) in [5.74, 6) is -0.339. The molecule has 0 aliphatic heterocycles. The van der Waals surface area contributed by atoms with Gasteiger partial charge in [-0.2, -0.15) is 12.6 Å². The van der Waals surface area contributed by atoms with Gasteiger partial charge < -0.3 is 14.0 Å². The first-order valence-electron chi connectivity index (χ1n) is 6.35. The van der Waals surface area contributed by atoms with Crippen LogP contribution in [-0.4, -0.2) is 33.4 Å². The standard InChI is InChI=1S/C13H14O8S2/c1-3-20-11-6-9(23(17,18)19)4-8-5-10(21-22(15)16)7(2)13(14)12(8)11/h4-6,14H,3H2,1-2H3,(H,15,16)(H,17,18,19). The molecule has 0 spiro atoms. The average molecular weight is 362 g/mol. The Morgan fingerprint density at radius 1 is 1.22 bits per heavy atom. The fraction of sp³-hybridized carbons (Fsp3) is 0.231. The molecule has 2 aromatic carbocycles. The summed E-state index contributed by atoms with van der Waals surface area (Å²) in [5.41, 5.74) is 0.181. The predicted molar refractivity (Wildman–Crippen MR) is 82.7 cm³/mol. The van der Waals surface area contributed by atoms with E-state index in [4.69, 9.17) is 9.29 Å². The fourth-order valence-electron chi connectivity index (χ4n) is 2.11. The molecule has 0 saturated heterocycles. The lowest BCUT2D eigenvalue weighted by Crippen LogP contribution is -2.03. The number of fused-ring (bicyclic) bond motifs is 1. The Labute approximate surface area is 134 Å². The van der Waals surface area contributed by atoms with E-state index in [2.05, 4.69) is 4.18 Å². The lowest BCUT2D eigenvalue weighted by Gasteiger charge is -2.14. The fourth-order valence-corrected chi connectivity index (χ4v) is 2.97. The van der Waals surface area contributed by atoms with Gasteiger partial charge in [-0.3, -0.25) is 9.11 Å². The van der Waals surface area contributed by atoms with Crippen LogP contribution >= 0.6 is 0 Å². The van der Waals surface area contributed by atoms with Gasteiger partial charge in [0.25, 0.3) is 10.1 Å². The van der Waals surface area contributed by atoms with Crippen molar-refractivity contribution in [2.75, 3.05) is 6.61 Å². The van der Waals surface area contributed by atoms with Crippen molar-refractivity contribution in [3.63, 3.8) is 0 Å². The molecule has 0 fully saturated rings. The van der Waals surface area contributed by atoms with Crippen LogP contribution in [0, 0.1) is 6.92 Å². The molecule has 1 unspecified atom stereocenters. The van der Waals surface area contributed by atoms with Gasteiger partial charge in [-0.1, -0.05) is 0 Å². The number of phenols is 1. The van der Waals surface area contributed by atoms with Gasteiger partial charge in [0.1, 0.15) is 17.2 Å². The third-order valence-corrected chi connectivity index (χ3v) is 4.27. The third kappa shape index (κ3) is 3.55. The molecule has 8 nitrogen and oxygen atoms in total. The highest BCUT2D eigenvalue weighted by molar-refractivity contribution is 7.85. The molecular formula is C13H14O8S2. The summed E-state index contributed by atoms with van der Waals surface area (Å²) >= 11 is -2.62. The second kappa shape index (κ2) is 6.32. The van der Waals surface area contributed by atoms with Crippen molar-refractivity contribution in [3.05, 3.63) is 23.8 Å². The minimum atomic E-state index is -4.51. The highest BCUT2D eigenvalue weighted by atomic mass is 32.2. The molecular weight excluding hydrogens is 348 g/mol. The molecule has 23 heavy (non-hydrogen) atoms. The topological polar surface area (TPSA) is 130 Å². The van der Waals surface area contributed by atoms with Crippen LogP contribution in [0.4, 0.5) is 0 Å². The van der Waals surface area contributed by atoms with E-state index in [0.717, 1.165) is 12.1 Å². The first-order valence-corrected chi connectivity index (χ1v) is 8.82. The minimum absolute atomic E-state index is 0.0508. The summed E-state index contributed by atoms with van der Waals surface area (Å²) in [5, 5.41) is 10.7. The van der Waals surface area contributed by atoms with Crippen molar-refractivity contribution in [3.8, 4) is 17.2 Å². The summed E-state index contributed by atoms with van der Waals surface area (Å²) in [6, 6.07) is 3.46. The number of benzene rings is 2. The quantitative estimate of drug-likeness (QED) is 0.544. The second-order valence-electron chi connectivity index (χ2n) is 4.58. The largest absolute Gasteiger partial charge is 0.507 e. The number of phenolic OH excluding ortho intramolecular Hbond substituents is 1. The molecule has 0 heterocycles. The van der Waals surface area contributed by atoms with Crippen molar-refractivity contribution in [2.45, 2.75) is 18.7 Å². The maximum Gasteiger partial charge on any atom is 0.357 e. The molecule has 0 aliphatic carbocycles. The highest BCUT2D eigenvalue weighted by Gasteiger charge is 2.20. The molecule has 2 aromatic rings. The number of hydrogen-bond acceptors (Lipinski definition) is 6. The van der Waals surface area contributed by atoms with Crippen LogP contribution in [0.25, 0.3) is 10.8 Å². The molecule has 126 valence electrons. The summed E-state index contributed by atoms with van der Waals surface area (Å²) in [6.07, 6.45) is 0. The molecule has 0 aromatic heterocycles. The first kappa shape index (κ1) is 17.5. The van der Waals surface area contributed by atoms with Crippen LogP contribution < -0.4 is 8.92 Å². The molecule has 2 rings (SSSR count). The maximum atomic E-state index is 11.4. The zero-order valence-electron chi connectivity index (χ0n) is 12.1. The normalized spacial score (nSPS) is 13.0. The Kier molecular flexibility index (Phi) is 4.80. The van der Waals surface area contributed by atoms with Gasteiger partial charge in [-0.05, 0) is 31.4 Å². The zero-order valence-corrected chi connectivity index (χ0v) is 13.8. The first-order chi connectivity index (χ1) is 10.6. The zero-order chi connectivity index (χ0) is 17.4. The van der Waals surface area contributed by atoms with E-state index in [1.54, 1.807) is 6.92 Å². The van der Waals surface area contributed by atoms with Crippen LogP contribution in [0.3, 0.4) is 0 Å². The van der Waals surface area contributed by atoms with Gasteiger partial charge in [-0.15, -0.1) is 0 Å². The van der Waals surface area contributed by atoms with Gasteiger partial charge in [0.15, 0.2) is 0 Å². The van der Waals surface area contributed by atoms with Gasteiger partial charge >= 0.3 is 11.4 Å². The summed E-state index contributed by atoms with van der Waals surface area (Å²) in [7, 11) is -4.51. The van der Waals surface area contributed by atoms with Gasteiger partial charge in [0, 0.05) is 11.6 Å². The number of aromatic hydroxyl groups is 1. The number of ether oxygens (including phenoxy) is 1. The Hall–Kier alpha value is -1.88. The molecule has 3 N–H and O–H groups in total. The van der Waals surface area contributed by atoms with Crippen LogP contribution in [0.15, 0.2) is 23.1 Å². The van der Waals surface area contributed by atoms with E-state index in [0.29, 0.717) is 0 Å². The third-order valence-electron chi connectivity index (χ3n) is 3.11. The average Bonchev–Trinajstić information content (AvgIpc) is 2.42. The Balaban J connectivity index is 2.87. The molecule has 0 amide bonds. The summed E-state index contributed by atoms with van der Waals surface area (Å²) in [6.45, 7) is 3.33. The minimum Gasteiger partial charge on any atom is -0.507 e. The number of rotatable bonds is 5. The van der Waals surface area contributed by atoms with Crippen molar-refractivity contribution in [1.82, 2.24) is 0 Å². The molecule has 0 saturated carbocycles. The Morgan fingerprint density at radius 3 is 2.39 bits per heavy atom. The molecule has 1 atom stereocenters. The van der Waals surface area contributed by atoms with Crippen molar-refractivity contribution < 1.29 is 35.8 Å². The van der Waals surface area contributed by atoms with Crippen LogP contribution in [0.2, 0.25) is 0 Å². The van der Waals surface area contributed by atoms with Crippen LogP contribution in [0.1, 0.15) is 12.5 Å². The van der Waals surface area contributed by atoms with Gasteiger partial charge in [0.2, 0.25) is 0 Å². The maximum absolute atomic E-state index is 11.4. The van der Waals surface area contributed by atoms with E-state index in [1.165, 1.54) is 13.0 Å². The van der Waals surface area contributed by atoms with E-state index in [9.17, 15) is 22.3 Å². The molecule has 0 aliphatic rings. The monoisotopic (exact) mass is 362 g/mol. The van der Waals surface area contributed by atoms with Gasteiger partial charge in [0.05, 0.1) is 16.9 Å². The van der Waals surface area contributed by atoms with E-state index < -0.39 is 26.4 Å². The lowest BCUT2D eigenvalue weighted by atomic mass is 10.0. The predicted octanol–water partition coefficient (Wildman–Crippen LogP) is 2.01. The molecule has 0 bridgehead atoms. The van der Waals surface area contributed by atoms with Crippen molar-refractivity contribution >= 4 is 32.3 Å². The number of hydrogen-bond donors (Lipinski definition) is 3. The lowest BCUT2D eigenvalue weighted by molar-refractivity contribution is 0.341.